The molecule has 1 saturated heterocycles. The van der Waals surface area contributed by atoms with E-state index in [4.69, 9.17) is 9.47 Å². The molecule has 0 aromatic heterocycles. The van der Waals surface area contributed by atoms with Gasteiger partial charge in [-0.05, 0) is 24.6 Å². The number of benzene rings is 1. The molecule has 3 nitrogen and oxygen atoms in total. The highest BCUT2D eigenvalue weighted by atomic mass is 16.5. The van der Waals surface area contributed by atoms with Gasteiger partial charge in [-0.1, -0.05) is 19.1 Å². The van der Waals surface area contributed by atoms with Gasteiger partial charge in [-0.15, -0.1) is 0 Å². The van der Waals surface area contributed by atoms with Gasteiger partial charge >= 0.3 is 0 Å². The molecule has 0 spiro atoms. The van der Waals surface area contributed by atoms with Crippen molar-refractivity contribution >= 4 is 0 Å². The minimum Gasteiger partial charge on any atom is -0.497 e. The highest BCUT2D eigenvalue weighted by Crippen LogP contribution is 2.27. The van der Waals surface area contributed by atoms with Gasteiger partial charge in [0.2, 0.25) is 0 Å². The Morgan fingerprint density at radius 1 is 1.47 bits per heavy atom. The molecule has 1 atom stereocenters. The van der Waals surface area contributed by atoms with Gasteiger partial charge in [0.05, 0.1) is 20.3 Å². The maximum atomic E-state index is 5.25. The van der Waals surface area contributed by atoms with Gasteiger partial charge < -0.3 is 14.8 Å². The minimum absolute atomic E-state index is 0.313. The fourth-order valence-electron chi connectivity index (χ4n) is 1.98. The largest absolute Gasteiger partial charge is 0.497 e. The van der Waals surface area contributed by atoms with Crippen molar-refractivity contribution in [1.82, 2.24) is 5.32 Å². The van der Waals surface area contributed by atoms with E-state index in [1.165, 1.54) is 5.56 Å². The molecule has 0 amide bonds. The summed E-state index contributed by atoms with van der Waals surface area (Å²) in [6, 6.07) is 8.54. The standard InChI is InChI=1S/C14H21NO2/c1-11(15-8-14(2)9-17-10-14)12-5-4-6-13(7-12)16-3/h4-7,11,15H,8-10H2,1-3H3/t11-/m0/s1. The van der Waals surface area contributed by atoms with E-state index >= 15 is 0 Å². The van der Waals surface area contributed by atoms with Crippen LogP contribution in [-0.2, 0) is 4.74 Å². The lowest BCUT2D eigenvalue weighted by molar-refractivity contribution is -0.0999. The van der Waals surface area contributed by atoms with Crippen LogP contribution in [0.3, 0.4) is 0 Å². The fraction of sp³-hybridized carbons (Fsp3) is 0.571. The van der Waals surface area contributed by atoms with Gasteiger partial charge in [0.25, 0.3) is 0 Å². The lowest BCUT2D eigenvalue weighted by Gasteiger charge is -2.39. The molecule has 1 aliphatic rings. The quantitative estimate of drug-likeness (QED) is 0.850. The lowest BCUT2D eigenvalue weighted by atomic mass is 9.88. The normalized spacial score (nSPS) is 19.5. The van der Waals surface area contributed by atoms with E-state index in [-0.39, 0.29) is 0 Å². The summed E-state index contributed by atoms with van der Waals surface area (Å²) in [7, 11) is 1.70. The molecule has 1 aromatic rings. The van der Waals surface area contributed by atoms with E-state index in [1.807, 2.05) is 12.1 Å². The molecule has 0 unspecified atom stereocenters. The van der Waals surface area contributed by atoms with Crippen LogP contribution in [0.2, 0.25) is 0 Å². The second-order valence-electron chi connectivity index (χ2n) is 5.18. The molecule has 0 aliphatic carbocycles. The van der Waals surface area contributed by atoms with Crippen LogP contribution < -0.4 is 10.1 Å². The van der Waals surface area contributed by atoms with Crippen molar-refractivity contribution in [3.8, 4) is 5.75 Å². The topological polar surface area (TPSA) is 30.5 Å². The van der Waals surface area contributed by atoms with Crippen molar-refractivity contribution in [3.05, 3.63) is 29.8 Å². The summed E-state index contributed by atoms with van der Waals surface area (Å²) in [5.74, 6) is 0.911. The third-order valence-electron chi connectivity index (χ3n) is 3.33. The molecule has 94 valence electrons. The molecular formula is C14H21NO2. The Hall–Kier alpha value is -1.06. The summed E-state index contributed by atoms with van der Waals surface area (Å²) >= 11 is 0. The van der Waals surface area contributed by atoms with Gasteiger partial charge in [-0.25, -0.2) is 0 Å². The first-order valence-corrected chi connectivity index (χ1v) is 6.08. The maximum absolute atomic E-state index is 5.25. The Bertz CT molecular complexity index is 374. The van der Waals surface area contributed by atoms with Crippen molar-refractivity contribution in [3.63, 3.8) is 0 Å². The van der Waals surface area contributed by atoms with Crippen molar-refractivity contribution in [1.29, 1.82) is 0 Å². The summed E-state index contributed by atoms with van der Waals surface area (Å²) in [6.07, 6.45) is 0. The zero-order valence-corrected chi connectivity index (χ0v) is 10.8. The second-order valence-corrected chi connectivity index (χ2v) is 5.18. The molecule has 0 radical (unpaired) electrons. The van der Waals surface area contributed by atoms with Gasteiger partial charge in [-0.2, -0.15) is 0 Å². The number of methoxy groups -OCH3 is 1. The highest BCUT2D eigenvalue weighted by molar-refractivity contribution is 5.30. The first kappa shape index (κ1) is 12.4. The Morgan fingerprint density at radius 3 is 2.82 bits per heavy atom. The fourth-order valence-corrected chi connectivity index (χ4v) is 1.98. The predicted molar refractivity (Wildman–Crippen MR) is 68.3 cm³/mol. The number of hydrogen-bond acceptors (Lipinski definition) is 3. The summed E-state index contributed by atoms with van der Waals surface area (Å²) in [6.45, 7) is 7.15. The van der Waals surface area contributed by atoms with Crippen molar-refractivity contribution < 1.29 is 9.47 Å². The molecule has 0 bridgehead atoms. The molecule has 1 aromatic carbocycles. The third-order valence-corrected chi connectivity index (χ3v) is 3.33. The molecule has 3 heteroatoms. The first-order valence-electron chi connectivity index (χ1n) is 6.08. The molecule has 17 heavy (non-hydrogen) atoms. The number of rotatable bonds is 5. The SMILES string of the molecule is COc1cccc([C@H](C)NCC2(C)COC2)c1. The summed E-state index contributed by atoms with van der Waals surface area (Å²) < 4.78 is 10.5. The summed E-state index contributed by atoms with van der Waals surface area (Å²) in [4.78, 5) is 0. The average Bonchev–Trinajstić information content (AvgIpc) is 2.33. The van der Waals surface area contributed by atoms with Crippen LogP contribution in [-0.4, -0.2) is 26.9 Å². The molecule has 1 heterocycles. The molecule has 1 fully saturated rings. The van der Waals surface area contributed by atoms with Crippen LogP contribution in [0.15, 0.2) is 24.3 Å². The van der Waals surface area contributed by atoms with E-state index < -0.39 is 0 Å². The van der Waals surface area contributed by atoms with E-state index in [2.05, 4.69) is 31.3 Å². The van der Waals surface area contributed by atoms with Gasteiger partial charge in [0.15, 0.2) is 0 Å². The van der Waals surface area contributed by atoms with E-state index in [0.29, 0.717) is 11.5 Å². The molecular weight excluding hydrogens is 214 g/mol. The third kappa shape index (κ3) is 2.99. The summed E-state index contributed by atoms with van der Waals surface area (Å²) in [5, 5.41) is 3.56. The minimum atomic E-state index is 0.313. The van der Waals surface area contributed by atoms with Crippen LogP contribution in [0.4, 0.5) is 0 Å². The average molecular weight is 235 g/mol. The van der Waals surface area contributed by atoms with Gasteiger partial charge in [-0.3, -0.25) is 0 Å². The van der Waals surface area contributed by atoms with E-state index in [0.717, 1.165) is 25.5 Å². The smallest absolute Gasteiger partial charge is 0.119 e. The van der Waals surface area contributed by atoms with Crippen LogP contribution in [0.1, 0.15) is 25.5 Å². The Labute approximate surface area is 103 Å². The van der Waals surface area contributed by atoms with Crippen molar-refractivity contribution in [2.24, 2.45) is 5.41 Å². The lowest BCUT2D eigenvalue weighted by Crippen LogP contribution is -2.47. The summed E-state index contributed by atoms with van der Waals surface area (Å²) in [5.41, 5.74) is 1.57. The number of nitrogens with one attached hydrogen (secondary N) is 1. The molecule has 1 aliphatic heterocycles. The second kappa shape index (κ2) is 5.07. The van der Waals surface area contributed by atoms with Crippen molar-refractivity contribution in [2.75, 3.05) is 26.9 Å². The number of hydrogen-bond donors (Lipinski definition) is 1. The highest BCUT2D eigenvalue weighted by Gasteiger charge is 2.33. The molecule has 2 rings (SSSR count). The zero-order chi connectivity index (χ0) is 12.3. The van der Waals surface area contributed by atoms with E-state index in [9.17, 15) is 0 Å². The van der Waals surface area contributed by atoms with Crippen LogP contribution >= 0.6 is 0 Å². The number of ether oxygens (including phenoxy) is 2. The molecule has 0 saturated carbocycles. The van der Waals surface area contributed by atoms with Crippen molar-refractivity contribution in [2.45, 2.75) is 19.9 Å². The predicted octanol–water partition coefficient (Wildman–Crippen LogP) is 2.38. The van der Waals surface area contributed by atoms with Gasteiger partial charge in [0, 0.05) is 18.0 Å². The van der Waals surface area contributed by atoms with Gasteiger partial charge in [0.1, 0.15) is 5.75 Å². The Morgan fingerprint density at radius 2 is 2.24 bits per heavy atom. The van der Waals surface area contributed by atoms with E-state index in [1.54, 1.807) is 7.11 Å². The van der Waals surface area contributed by atoms with Crippen LogP contribution in [0.25, 0.3) is 0 Å². The van der Waals surface area contributed by atoms with Crippen LogP contribution in [0, 0.1) is 5.41 Å². The Kier molecular flexibility index (Phi) is 3.69. The van der Waals surface area contributed by atoms with Crippen LogP contribution in [0.5, 0.6) is 5.75 Å². The maximum Gasteiger partial charge on any atom is 0.119 e. The molecule has 1 N–H and O–H groups in total. The zero-order valence-electron chi connectivity index (χ0n) is 10.8. The first-order chi connectivity index (χ1) is 8.13. The monoisotopic (exact) mass is 235 g/mol. The Balaban J connectivity index is 1.91.